The summed E-state index contributed by atoms with van der Waals surface area (Å²) in [7, 11) is 1.85. The van der Waals surface area contributed by atoms with E-state index in [1.54, 1.807) is 6.92 Å². The first-order valence-corrected chi connectivity index (χ1v) is 11.7. The van der Waals surface area contributed by atoms with Gasteiger partial charge in [-0.2, -0.15) is 0 Å². The van der Waals surface area contributed by atoms with Crippen LogP contribution in [0.5, 0.6) is 0 Å². The van der Waals surface area contributed by atoms with Crippen LogP contribution in [0.3, 0.4) is 0 Å². The quantitative estimate of drug-likeness (QED) is 0.642. The number of amides is 2. The van der Waals surface area contributed by atoms with Gasteiger partial charge in [0.05, 0.1) is 24.7 Å². The number of carbonyl (C=O) groups excluding carboxylic acids is 2. The fourth-order valence-electron chi connectivity index (χ4n) is 5.10. The van der Waals surface area contributed by atoms with Crippen molar-refractivity contribution in [2.75, 3.05) is 25.5 Å². The van der Waals surface area contributed by atoms with Crippen molar-refractivity contribution in [2.45, 2.75) is 51.6 Å². The van der Waals surface area contributed by atoms with E-state index >= 15 is 0 Å². The molecule has 0 saturated carbocycles. The molecule has 8 heteroatoms. The van der Waals surface area contributed by atoms with Gasteiger partial charge < -0.3 is 20.1 Å². The van der Waals surface area contributed by atoms with Gasteiger partial charge in [0, 0.05) is 56.1 Å². The summed E-state index contributed by atoms with van der Waals surface area (Å²) in [5.41, 5.74) is 4.03. The van der Waals surface area contributed by atoms with Crippen LogP contribution in [-0.4, -0.2) is 56.7 Å². The van der Waals surface area contributed by atoms with Crippen LogP contribution in [-0.2, 0) is 29.0 Å². The van der Waals surface area contributed by atoms with Gasteiger partial charge in [-0.3, -0.25) is 9.59 Å². The highest BCUT2D eigenvalue weighted by atomic mass is 16.2. The molecule has 4 heterocycles. The van der Waals surface area contributed by atoms with Crippen LogP contribution in [0.25, 0.3) is 10.9 Å². The van der Waals surface area contributed by atoms with Crippen molar-refractivity contribution in [2.24, 2.45) is 0 Å². The van der Waals surface area contributed by atoms with E-state index in [9.17, 15) is 9.59 Å². The van der Waals surface area contributed by atoms with Gasteiger partial charge in [-0.1, -0.05) is 18.2 Å². The van der Waals surface area contributed by atoms with E-state index in [4.69, 9.17) is 9.97 Å². The second kappa shape index (κ2) is 8.84. The van der Waals surface area contributed by atoms with E-state index in [-0.39, 0.29) is 17.9 Å². The van der Waals surface area contributed by atoms with Crippen molar-refractivity contribution in [3.8, 4) is 0 Å². The van der Waals surface area contributed by atoms with Gasteiger partial charge in [0.25, 0.3) is 0 Å². The molecular weight excluding hydrogens is 416 g/mol. The zero-order valence-electron chi connectivity index (χ0n) is 19.2. The van der Waals surface area contributed by atoms with Crippen molar-refractivity contribution >= 4 is 28.5 Å². The number of aromatic nitrogens is 3. The smallest absolute Gasteiger partial charge is 0.227 e. The van der Waals surface area contributed by atoms with E-state index in [1.807, 2.05) is 41.2 Å². The van der Waals surface area contributed by atoms with Crippen molar-refractivity contribution in [3.05, 3.63) is 53.1 Å². The number of piperidine rings is 1. The number of likely N-dealkylation sites (tertiary alicyclic amines) is 1. The first-order chi connectivity index (χ1) is 16.0. The van der Waals surface area contributed by atoms with Gasteiger partial charge >= 0.3 is 0 Å². The minimum Gasteiger partial charge on any atom is -0.373 e. The Hall–Kier alpha value is -3.42. The SMILES string of the molecule is CNc1nc(C2CCCCN2C(=O)Cc2c[nH]c3ccccc23)nc2c1CN(C(C)=O)CC2. The van der Waals surface area contributed by atoms with Gasteiger partial charge in [0.15, 0.2) is 5.82 Å². The van der Waals surface area contributed by atoms with E-state index in [2.05, 4.69) is 16.4 Å². The molecular formula is C25H30N6O2. The van der Waals surface area contributed by atoms with Gasteiger partial charge in [0.1, 0.15) is 5.82 Å². The Kier molecular flexibility index (Phi) is 5.74. The number of benzene rings is 1. The molecule has 2 N–H and O–H groups in total. The summed E-state index contributed by atoms with van der Waals surface area (Å²) in [6, 6.07) is 7.95. The highest BCUT2D eigenvalue weighted by Crippen LogP contribution is 2.33. The average molecular weight is 447 g/mol. The molecule has 0 radical (unpaired) electrons. The Labute approximate surface area is 193 Å². The van der Waals surface area contributed by atoms with Gasteiger partial charge in [-0.25, -0.2) is 9.97 Å². The summed E-state index contributed by atoms with van der Waals surface area (Å²) in [4.78, 5) is 42.2. The Morgan fingerprint density at radius 1 is 1.18 bits per heavy atom. The normalized spacial score (nSPS) is 18.3. The van der Waals surface area contributed by atoms with E-state index in [0.717, 1.165) is 59.3 Å². The van der Waals surface area contributed by atoms with Crippen molar-refractivity contribution in [1.82, 2.24) is 24.8 Å². The zero-order valence-corrected chi connectivity index (χ0v) is 19.2. The molecule has 33 heavy (non-hydrogen) atoms. The number of H-pyrrole nitrogens is 1. The number of fused-ring (bicyclic) bond motifs is 2. The molecule has 1 unspecified atom stereocenters. The predicted octanol–water partition coefficient (Wildman–Crippen LogP) is 3.20. The minimum atomic E-state index is -0.125. The van der Waals surface area contributed by atoms with E-state index in [0.29, 0.717) is 31.8 Å². The number of hydrogen-bond acceptors (Lipinski definition) is 5. The maximum atomic E-state index is 13.5. The third-order valence-electron chi connectivity index (χ3n) is 6.90. The Morgan fingerprint density at radius 3 is 2.85 bits per heavy atom. The van der Waals surface area contributed by atoms with Crippen molar-refractivity contribution < 1.29 is 9.59 Å². The highest BCUT2D eigenvalue weighted by molar-refractivity contribution is 5.89. The number of aromatic amines is 1. The number of nitrogens with zero attached hydrogens (tertiary/aromatic N) is 4. The van der Waals surface area contributed by atoms with Crippen LogP contribution in [0.2, 0.25) is 0 Å². The number of para-hydroxylation sites is 1. The van der Waals surface area contributed by atoms with Gasteiger partial charge in [0.2, 0.25) is 11.8 Å². The summed E-state index contributed by atoms with van der Waals surface area (Å²) >= 11 is 0. The molecule has 3 aromatic rings. The molecule has 0 bridgehead atoms. The highest BCUT2D eigenvalue weighted by Gasteiger charge is 2.32. The molecule has 2 aliphatic heterocycles. The van der Waals surface area contributed by atoms with Crippen LogP contribution < -0.4 is 5.32 Å². The molecule has 5 rings (SSSR count). The number of hydrogen-bond donors (Lipinski definition) is 2. The standard InChI is InChI=1S/C25H30N6O2/c1-16(32)30-12-10-21-19(15-30)24(26-2)29-25(28-21)22-9-5-6-11-31(22)23(33)13-17-14-27-20-8-4-3-7-18(17)20/h3-4,7-8,14,22,27H,5-6,9-13,15H2,1-2H3,(H,26,28,29). The van der Waals surface area contributed by atoms with Crippen LogP contribution in [0.4, 0.5) is 5.82 Å². The summed E-state index contributed by atoms with van der Waals surface area (Å²) in [6.45, 7) is 3.50. The third kappa shape index (κ3) is 4.05. The van der Waals surface area contributed by atoms with Gasteiger partial charge in [-0.15, -0.1) is 0 Å². The number of carbonyl (C=O) groups is 2. The lowest BCUT2D eigenvalue weighted by Crippen LogP contribution is -2.41. The molecule has 8 nitrogen and oxygen atoms in total. The molecule has 0 aliphatic carbocycles. The molecule has 172 valence electrons. The van der Waals surface area contributed by atoms with Crippen molar-refractivity contribution in [1.29, 1.82) is 0 Å². The minimum absolute atomic E-state index is 0.0631. The predicted molar refractivity (Wildman–Crippen MR) is 127 cm³/mol. The van der Waals surface area contributed by atoms with Crippen LogP contribution >= 0.6 is 0 Å². The molecule has 1 saturated heterocycles. The van der Waals surface area contributed by atoms with E-state index < -0.39 is 0 Å². The summed E-state index contributed by atoms with van der Waals surface area (Å²) in [5, 5.41) is 4.29. The molecule has 2 amide bonds. The lowest BCUT2D eigenvalue weighted by molar-refractivity contribution is -0.134. The van der Waals surface area contributed by atoms with E-state index in [1.165, 1.54) is 0 Å². The first kappa shape index (κ1) is 21.4. The third-order valence-corrected chi connectivity index (χ3v) is 6.90. The lowest BCUT2D eigenvalue weighted by Gasteiger charge is -2.36. The zero-order chi connectivity index (χ0) is 22.9. The number of anilines is 1. The molecule has 1 fully saturated rings. The molecule has 2 aromatic heterocycles. The van der Waals surface area contributed by atoms with Crippen LogP contribution in [0, 0.1) is 0 Å². The van der Waals surface area contributed by atoms with Gasteiger partial charge in [-0.05, 0) is 30.9 Å². The second-order valence-electron chi connectivity index (χ2n) is 8.93. The lowest BCUT2D eigenvalue weighted by atomic mass is 9.98. The Bertz CT molecular complexity index is 1190. The molecule has 0 spiro atoms. The van der Waals surface area contributed by atoms with Crippen LogP contribution in [0.15, 0.2) is 30.5 Å². The summed E-state index contributed by atoms with van der Waals surface area (Å²) in [6.07, 6.45) is 5.91. The monoisotopic (exact) mass is 446 g/mol. The maximum absolute atomic E-state index is 13.5. The average Bonchev–Trinajstić information content (AvgIpc) is 3.25. The number of nitrogens with one attached hydrogen (secondary N) is 2. The summed E-state index contributed by atoms with van der Waals surface area (Å²) < 4.78 is 0. The largest absolute Gasteiger partial charge is 0.373 e. The number of rotatable bonds is 4. The van der Waals surface area contributed by atoms with Crippen molar-refractivity contribution in [3.63, 3.8) is 0 Å². The molecule has 1 aromatic carbocycles. The second-order valence-corrected chi connectivity index (χ2v) is 8.93. The maximum Gasteiger partial charge on any atom is 0.227 e. The summed E-state index contributed by atoms with van der Waals surface area (Å²) in [5.74, 6) is 1.64. The topological polar surface area (TPSA) is 94.2 Å². The van der Waals surface area contributed by atoms with Crippen LogP contribution in [0.1, 0.15) is 54.9 Å². The molecule has 1 atom stereocenters. The Balaban J connectivity index is 1.43. The fraction of sp³-hybridized carbons (Fsp3) is 0.440. The molecule has 2 aliphatic rings. The Morgan fingerprint density at radius 2 is 2.03 bits per heavy atom. The first-order valence-electron chi connectivity index (χ1n) is 11.7. The fourth-order valence-corrected chi connectivity index (χ4v) is 5.10.